The van der Waals surface area contributed by atoms with Gasteiger partial charge in [-0.25, -0.2) is 4.39 Å². The summed E-state index contributed by atoms with van der Waals surface area (Å²) in [4.78, 5) is 4.09. The molecule has 1 aromatic carbocycles. The van der Waals surface area contributed by atoms with Crippen LogP contribution in [0.1, 0.15) is 16.7 Å². The van der Waals surface area contributed by atoms with Gasteiger partial charge in [-0.05, 0) is 42.7 Å². The first-order valence-corrected chi connectivity index (χ1v) is 5.56. The maximum atomic E-state index is 13.3. The lowest BCUT2D eigenvalue weighted by molar-refractivity contribution is 0.616. The van der Waals surface area contributed by atoms with Gasteiger partial charge >= 0.3 is 0 Å². The number of hydrogen-bond donors (Lipinski definition) is 1. The summed E-state index contributed by atoms with van der Waals surface area (Å²) in [6.45, 7) is 4.35. The summed E-state index contributed by atoms with van der Waals surface area (Å²) in [6, 6.07) is 7.29. The van der Waals surface area contributed by atoms with Crippen molar-refractivity contribution in [3.05, 3.63) is 59.2 Å². The molecule has 0 saturated carbocycles. The summed E-state index contributed by atoms with van der Waals surface area (Å²) in [5.74, 6) is -0.160. The number of rotatable bonds is 3. The van der Waals surface area contributed by atoms with E-state index in [1.165, 1.54) is 0 Å². The van der Waals surface area contributed by atoms with Gasteiger partial charge in [0.15, 0.2) is 0 Å². The van der Waals surface area contributed by atoms with Gasteiger partial charge in [-0.2, -0.15) is 0 Å². The van der Waals surface area contributed by atoms with E-state index in [1.54, 1.807) is 31.5 Å². The molecule has 0 saturated heterocycles. The molecule has 0 aliphatic carbocycles. The van der Waals surface area contributed by atoms with Gasteiger partial charge in [0.1, 0.15) is 5.82 Å². The number of halogens is 1. The molecule has 0 radical (unpaired) electrons. The van der Waals surface area contributed by atoms with Crippen molar-refractivity contribution in [2.24, 2.45) is 0 Å². The second kappa shape index (κ2) is 4.95. The van der Waals surface area contributed by atoms with Crippen LogP contribution in [-0.2, 0) is 6.54 Å². The fourth-order valence-electron chi connectivity index (χ4n) is 1.60. The molecule has 0 unspecified atom stereocenters. The van der Waals surface area contributed by atoms with Gasteiger partial charge in [-0.15, -0.1) is 0 Å². The molecule has 0 amide bonds. The molecule has 0 bridgehead atoms. The molecule has 17 heavy (non-hydrogen) atoms. The predicted octanol–water partition coefficient (Wildman–Crippen LogP) is 3.45. The molecule has 0 atom stereocenters. The maximum absolute atomic E-state index is 13.3. The maximum Gasteiger partial charge on any atom is 0.126 e. The Morgan fingerprint density at radius 1 is 1.18 bits per heavy atom. The Hall–Kier alpha value is -1.90. The third-order valence-electron chi connectivity index (χ3n) is 2.61. The van der Waals surface area contributed by atoms with E-state index >= 15 is 0 Å². The zero-order valence-corrected chi connectivity index (χ0v) is 10.00. The first-order chi connectivity index (χ1) is 8.15. The van der Waals surface area contributed by atoms with Crippen LogP contribution in [0.2, 0.25) is 0 Å². The van der Waals surface area contributed by atoms with Crippen LogP contribution in [0.25, 0.3) is 0 Å². The fourth-order valence-corrected chi connectivity index (χ4v) is 1.60. The van der Waals surface area contributed by atoms with Crippen LogP contribution in [0.4, 0.5) is 10.1 Å². The average molecular weight is 230 g/mol. The number of anilines is 1. The second-order valence-electron chi connectivity index (χ2n) is 4.19. The summed E-state index contributed by atoms with van der Waals surface area (Å²) < 4.78 is 13.3. The van der Waals surface area contributed by atoms with Crippen molar-refractivity contribution in [3.8, 4) is 0 Å². The average Bonchev–Trinajstić information content (AvgIpc) is 2.31. The molecule has 0 spiro atoms. The van der Waals surface area contributed by atoms with Crippen LogP contribution in [0.3, 0.4) is 0 Å². The Morgan fingerprint density at radius 3 is 2.71 bits per heavy atom. The van der Waals surface area contributed by atoms with E-state index in [4.69, 9.17) is 0 Å². The van der Waals surface area contributed by atoms with Crippen LogP contribution in [0.5, 0.6) is 0 Å². The van der Waals surface area contributed by atoms with Crippen LogP contribution in [0.15, 0.2) is 36.7 Å². The number of nitrogens with zero attached hydrogens (tertiary/aromatic N) is 1. The van der Waals surface area contributed by atoms with Gasteiger partial charge < -0.3 is 5.32 Å². The van der Waals surface area contributed by atoms with Gasteiger partial charge in [0.05, 0.1) is 5.69 Å². The van der Waals surface area contributed by atoms with E-state index in [-0.39, 0.29) is 5.82 Å². The summed E-state index contributed by atoms with van der Waals surface area (Å²) in [5, 5.41) is 3.22. The zero-order chi connectivity index (χ0) is 12.3. The van der Waals surface area contributed by atoms with Crippen molar-refractivity contribution in [2.75, 3.05) is 5.32 Å². The minimum Gasteiger partial charge on any atom is -0.380 e. The van der Waals surface area contributed by atoms with Gasteiger partial charge in [0.25, 0.3) is 0 Å². The Kier molecular flexibility index (Phi) is 3.38. The second-order valence-corrected chi connectivity index (χ2v) is 4.19. The summed E-state index contributed by atoms with van der Waals surface area (Å²) >= 11 is 0. The van der Waals surface area contributed by atoms with Crippen molar-refractivity contribution in [2.45, 2.75) is 20.4 Å². The van der Waals surface area contributed by atoms with E-state index in [0.29, 0.717) is 12.1 Å². The van der Waals surface area contributed by atoms with Crippen LogP contribution >= 0.6 is 0 Å². The minimum absolute atomic E-state index is 0.160. The number of nitrogens with one attached hydrogen (secondary N) is 1. The molecule has 1 N–H and O–H groups in total. The van der Waals surface area contributed by atoms with Crippen LogP contribution in [0, 0.1) is 19.7 Å². The van der Waals surface area contributed by atoms with Gasteiger partial charge in [0, 0.05) is 18.9 Å². The summed E-state index contributed by atoms with van der Waals surface area (Å²) in [7, 11) is 0. The van der Waals surface area contributed by atoms with Gasteiger partial charge in [0.2, 0.25) is 0 Å². The molecule has 3 heteroatoms. The summed E-state index contributed by atoms with van der Waals surface area (Å²) in [6.07, 6.45) is 3.56. The van der Waals surface area contributed by atoms with Crippen LogP contribution < -0.4 is 5.32 Å². The van der Waals surface area contributed by atoms with Gasteiger partial charge in [-0.1, -0.05) is 12.1 Å². The Morgan fingerprint density at radius 2 is 2.00 bits per heavy atom. The molecule has 2 aromatic rings. The van der Waals surface area contributed by atoms with Crippen LogP contribution in [-0.4, -0.2) is 4.98 Å². The topological polar surface area (TPSA) is 24.9 Å². The lowest BCUT2D eigenvalue weighted by atomic mass is 10.1. The van der Waals surface area contributed by atoms with Crippen molar-refractivity contribution in [1.82, 2.24) is 4.98 Å². The molecule has 1 heterocycles. The first-order valence-electron chi connectivity index (χ1n) is 5.56. The van der Waals surface area contributed by atoms with Crippen molar-refractivity contribution in [3.63, 3.8) is 0 Å². The first kappa shape index (κ1) is 11.6. The summed E-state index contributed by atoms with van der Waals surface area (Å²) in [5.41, 5.74) is 3.65. The fraction of sp³-hybridized carbons (Fsp3) is 0.214. The predicted molar refractivity (Wildman–Crippen MR) is 67.4 cm³/mol. The number of benzene rings is 1. The molecule has 88 valence electrons. The highest BCUT2D eigenvalue weighted by Gasteiger charge is 1.99. The molecule has 1 aromatic heterocycles. The molecule has 2 rings (SSSR count). The number of pyridine rings is 1. The van der Waals surface area contributed by atoms with E-state index in [2.05, 4.69) is 10.3 Å². The van der Waals surface area contributed by atoms with E-state index in [0.717, 1.165) is 16.8 Å². The van der Waals surface area contributed by atoms with Crippen molar-refractivity contribution < 1.29 is 4.39 Å². The van der Waals surface area contributed by atoms with Crippen molar-refractivity contribution >= 4 is 5.69 Å². The lowest BCUT2D eigenvalue weighted by Gasteiger charge is -2.07. The van der Waals surface area contributed by atoms with E-state index in [1.807, 2.05) is 19.1 Å². The molecule has 2 nitrogen and oxygen atoms in total. The Labute approximate surface area is 101 Å². The Bertz CT molecular complexity index is 523. The number of aromatic nitrogens is 1. The smallest absolute Gasteiger partial charge is 0.126 e. The highest BCUT2D eigenvalue weighted by Crippen LogP contribution is 2.12. The zero-order valence-electron chi connectivity index (χ0n) is 10.00. The third-order valence-corrected chi connectivity index (χ3v) is 2.61. The molecular formula is C14H15FN2. The van der Waals surface area contributed by atoms with Crippen molar-refractivity contribution in [1.29, 1.82) is 0 Å². The van der Waals surface area contributed by atoms with E-state index in [9.17, 15) is 4.39 Å². The van der Waals surface area contributed by atoms with Gasteiger partial charge in [-0.3, -0.25) is 4.98 Å². The minimum atomic E-state index is -0.160. The SMILES string of the molecule is Cc1cncc(NCc2ccc(C)c(F)c2)c1. The largest absolute Gasteiger partial charge is 0.380 e. The molecule has 0 aliphatic heterocycles. The number of aryl methyl sites for hydroxylation is 2. The number of hydrogen-bond acceptors (Lipinski definition) is 2. The lowest BCUT2D eigenvalue weighted by Crippen LogP contribution is -2.00. The quantitative estimate of drug-likeness (QED) is 0.873. The molecule has 0 fully saturated rings. The normalized spacial score (nSPS) is 10.3. The van der Waals surface area contributed by atoms with E-state index < -0.39 is 0 Å². The Balaban J connectivity index is 2.05. The molecule has 0 aliphatic rings. The third kappa shape index (κ3) is 3.03. The highest BCUT2D eigenvalue weighted by molar-refractivity contribution is 5.43. The highest BCUT2D eigenvalue weighted by atomic mass is 19.1. The molecular weight excluding hydrogens is 215 g/mol. The monoisotopic (exact) mass is 230 g/mol. The standard InChI is InChI=1S/C14H15FN2/c1-10-5-13(9-16-7-10)17-8-12-4-3-11(2)14(15)6-12/h3-7,9,17H,8H2,1-2H3.